The highest BCUT2D eigenvalue weighted by molar-refractivity contribution is 6.31. The van der Waals surface area contributed by atoms with Crippen molar-refractivity contribution in [3.8, 4) is 0 Å². The number of rotatable bonds is 4. The van der Waals surface area contributed by atoms with Crippen molar-refractivity contribution in [2.45, 2.75) is 13.1 Å². The van der Waals surface area contributed by atoms with Crippen LogP contribution >= 0.6 is 11.6 Å². The van der Waals surface area contributed by atoms with Crippen molar-refractivity contribution >= 4 is 17.6 Å². The van der Waals surface area contributed by atoms with E-state index in [9.17, 15) is 13.6 Å². The molecule has 0 aliphatic heterocycles. The molecule has 0 radical (unpaired) electrons. The molecule has 2 aromatic rings. The van der Waals surface area contributed by atoms with Crippen molar-refractivity contribution < 1.29 is 13.6 Å². The Hall–Kier alpha value is -2.14. The zero-order valence-electron chi connectivity index (χ0n) is 11.0. The van der Waals surface area contributed by atoms with Crippen LogP contribution in [0.4, 0.5) is 13.6 Å². The first kappa shape index (κ1) is 15.3. The van der Waals surface area contributed by atoms with Gasteiger partial charge in [-0.05, 0) is 29.8 Å². The number of halogens is 3. The molecular formula is C15H13ClF2N2O. The smallest absolute Gasteiger partial charge is 0.315 e. The Morgan fingerprint density at radius 1 is 1.00 bits per heavy atom. The van der Waals surface area contributed by atoms with E-state index >= 15 is 0 Å². The summed E-state index contributed by atoms with van der Waals surface area (Å²) in [7, 11) is 0. The molecule has 2 N–H and O–H groups in total. The van der Waals surface area contributed by atoms with Crippen molar-refractivity contribution in [3.05, 3.63) is 70.2 Å². The molecule has 0 aliphatic carbocycles. The molecule has 0 spiro atoms. The largest absolute Gasteiger partial charge is 0.334 e. The van der Waals surface area contributed by atoms with Crippen molar-refractivity contribution in [3.63, 3.8) is 0 Å². The standard InChI is InChI=1S/C15H13ClF2N2O/c16-13-4-2-1-3-10(13)8-19-15(21)20-9-11-7-12(17)5-6-14(11)18/h1-7H,8-9H2,(H2,19,20,21). The minimum Gasteiger partial charge on any atom is -0.334 e. The van der Waals surface area contributed by atoms with Gasteiger partial charge in [0.2, 0.25) is 0 Å². The highest BCUT2D eigenvalue weighted by Crippen LogP contribution is 2.14. The number of hydrogen-bond donors (Lipinski definition) is 2. The summed E-state index contributed by atoms with van der Waals surface area (Å²) in [5.74, 6) is -1.12. The predicted molar refractivity (Wildman–Crippen MR) is 76.9 cm³/mol. The summed E-state index contributed by atoms with van der Waals surface area (Å²) in [4.78, 5) is 11.6. The van der Waals surface area contributed by atoms with E-state index < -0.39 is 17.7 Å². The van der Waals surface area contributed by atoms with Crippen LogP contribution < -0.4 is 10.6 Å². The van der Waals surface area contributed by atoms with Crippen LogP contribution in [0.5, 0.6) is 0 Å². The lowest BCUT2D eigenvalue weighted by Crippen LogP contribution is -2.34. The monoisotopic (exact) mass is 310 g/mol. The van der Waals surface area contributed by atoms with Gasteiger partial charge in [0.25, 0.3) is 0 Å². The average Bonchev–Trinajstić information content (AvgIpc) is 2.47. The van der Waals surface area contributed by atoms with E-state index in [4.69, 9.17) is 11.6 Å². The van der Waals surface area contributed by atoms with Crippen molar-refractivity contribution in [2.75, 3.05) is 0 Å². The molecule has 0 atom stereocenters. The van der Waals surface area contributed by atoms with Gasteiger partial charge < -0.3 is 10.6 Å². The molecule has 2 rings (SSSR count). The minimum atomic E-state index is -0.567. The maximum absolute atomic E-state index is 13.4. The molecular weight excluding hydrogens is 298 g/mol. The van der Waals surface area contributed by atoms with E-state index in [-0.39, 0.29) is 18.7 Å². The lowest BCUT2D eigenvalue weighted by Gasteiger charge is -2.09. The molecule has 2 aromatic carbocycles. The maximum Gasteiger partial charge on any atom is 0.315 e. The highest BCUT2D eigenvalue weighted by Gasteiger charge is 2.07. The van der Waals surface area contributed by atoms with E-state index in [2.05, 4.69) is 10.6 Å². The number of urea groups is 1. The number of carbonyl (C=O) groups is 1. The summed E-state index contributed by atoms with van der Waals surface area (Å²) < 4.78 is 26.3. The third kappa shape index (κ3) is 4.43. The second-order valence-electron chi connectivity index (χ2n) is 4.36. The molecule has 2 amide bonds. The van der Waals surface area contributed by atoms with Gasteiger partial charge in [-0.15, -0.1) is 0 Å². The van der Waals surface area contributed by atoms with Crippen LogP contribution in [0.3, 0.4) is 0 Å². The summed E-state index contributed by atoms with van der Waals surface area (Å²) in [6.45, 7) is 0.148. The SMILES string of the molecule is O=C(NCc1cc(F)ccc1F)NCc1ccccc1Cl. The molecule has 0 unspecified atom stereocenters. The molecule has 0 aliphatic rings. The van der Waals surface area contributed by atoms with Crippen LogP contribution in [0.25, 0.3) is 0 Å². The second kappa shape index (κ2) is 7.04. The normalized spacial score (nSPS) is 10.2. The first-order valence-corrected chi connectivity index (χ1v) is 6.63. The van der Waals surface area contributed by atoms with Gasteiger partial charge in [-0.1, -0.05) is 29.8 Å². The molecule has 0 saturated heterocycles. The number of amides is 2. The topological polar surface area (TPSA) is 41.1 Å². The van der Waals surface area contributed by atoms with Crippen molar-refractivity contribution in [1.82, 2.24) is 10.6 Å². The maximum atomic E-state index is 13.4. The number of nitrogens with one attached hydrogen (secondary N) is 2. The summed E-state index contributed by atoms with van der Waals surface area (Å²) >= 11 is 5.96. The summed E-state index contributed by atoms with van der Waals surface area (Å²) in [5, 5.41) is 5.60. The Bertz CT molecular complexity index is 649. The van der Waals surface area contributed by atoms with Gasteiger partial charge in [-0.25, -0.2) is 13.6 Å². The molecule has 110 valence electrons. The van der Waals surface area contributed by atoms with E-state index in [0.29, 0.717) is 5.02 Å². The van der Waals surface area contributed by atoms with E-state index in [1.165, 1.54) is 0 Å². The van der Waals surface area contributed by atoms with Gasteiger partial charge in [0.1, 0.15) is 11.6 Å². The Kier molecular flexibility index (Phi) is 5.11. The minimum absolute atomic E-state index is 0.0860. The van der Waals surface area contributed by atoms with Gasteiger partial charge in [0.15, 0.2) is 0 Å². The third-order valence-electron chi connectivity index (χ3n) is 2.84. The van der Waals surface area contributed by atoms with Gasteiger partial charge in [-0.3, -0.25) is 0 Å². The van der Waals surface area contributed by atoms with Crippen LogP contribution in [-0.4, -0.2) is 6.03 Å². The van der Waals surface area contributed by atoms with Gasteiger partial charge in [-0.2, -0.15) is 0 Å². The number of benzene rings is 2. The molecule has 0 fully saturated rings. The number of hydrogen-bond acceptors (Lipinski definition) is 1. The second-order valence-corrected chi connectivity index (χ2v) is 4.77. The predicted octanol–water partition coefficient (Wildman–Crippen LogP) is 3.62. The first-order chi connectivity index (χ1) is 10.1. The van der Waals surface area contributed by atoms with Crippen LogP contribution in [0, 0.1) is 11.6 Å². The summed E-state index contributed by atoms with van der Waals surface area (Å²) in [6.07, 6.45) is 0. The fraction of sp³-hybridized carbons (Fsp3) is 0.133. The molecule has 0 saturated carbocycles. The lowest BCUT2D eigenvalue weighted by atomic mass is 10.2. The van der Waals surface area contributed by atoms with Crippen LogP contribution in [0.1, 0.15) is 11.1 Å². The summed E-state index contributed by atoms with van der Waals surface area (Å²) in [5.41, 5.74) is 0.856. The first-order valence-electron chi connectivity index (χ1n) is 6.25. The van der Waals surface area contributed by atoms with E-state index in [1.54, 1.807) is 18.2 Å². The van der Waals surface area contributed by atoms with E-state index in [1.807, 2.05) is 6.07 Å². The lowest BCUT2D eigenvalue weighted by molar-refractivity contribution is 0.240. The quantitative estimate of drug-likeness (QED) is 0.890. The highest BCUT2D eigenvalue weighted by atomic mass is 35.5. The molecule has 3 nitrogen and oxygen atoms in total. The average molecular weight is 311 g/mol. The van der Waals surface area contributed by atoms with Gasteiger partial charge in [0, 0.05) is 23.7 Å². The molecule has 0 heterocycles. The van der Waals surface area contributed by atoms with Gasteiger partial charge >= 0.3 is 6.03 Å². The Morgan fingerprint density at radius 3 is 2.38 bits per heavy atom. The zero-order valence-corrected chi connectivity index (χ0v) is 11.8. The fourth-order valence-electron chi connectivity index (χ4n) is 1.73. The Morgan fingerprint density at radius 2 is 1.67 bits per heavy atom. The molecule has 0 aromatic heterocycles. The van der Waals surface area contributed by atoms with Crippen molar-refractivity contribution in [1.29, 1.82) is 0 Å². The molecule has 6 heteroatoms. The Balaban J connectivity index is 1.85. The van der Waals surface area contributed by atoms with Gasteiger partial charge in [0.05, 0.1) is 0 Å². The third-order valence-corrected chi connectivity index (χ3v) is 3.21. The zero-order chi connectivity index (χ0) is 15.2. The van der Waals surface area contributed by atoms with Crippen LogP contribution in [0.2, 0.25) is 5.02 Å². The van der Waals surface area contributed by atoms with E-state index in [0.717, 1.165) is 23.8 Å². The molecule has 0 bridgehead atoms. The van der Waals surface area contributed by atoms with Crippen LogP contribution in [-0.2, 0) is 13.1 Å². The van der Waals surface area contributed by atoms with Crippen LogP contribution in [0.15, 0.2) is 42.5 Å². The Labute approximate surface area is 125 Å². The number of carbonyl (C=O) groups excluding carboxylic acids is 1. The van der Waals surface area contributed by atoms with Crippen molar-refractivity contribution in [2.24, 2.45) is 0 Å². The fourth-order valence-corrected chi connectivity index (χ4v) is 1.94. The molecule has 21 heavy (non-hydrogen) atoms. The summed E-state index contributed by atoms with van der Waals surface area (Å²) in [6, 6.07) is 9.71.